The van der Waals surface area contributed by atoms with Gasteiger partial charge in [-0.15, -0.1) is 0 Å². The van der Waals surface area contributed by atoms with Crippen molar-refractivity contribution in [1.82, 2.24) is 0 Å². The molecular formula is C25H32FO5P. The van der Waals surface area contributed by atoms with Crippen molar-refractivity contribution in [2.24, 2.45) is 11.8 Å². The minimum atomic E-state index is -4.07. The van der Waals surface area contributed by atoms with Gasteiger partial charge in [-0.1, -0.05) is 12.1 Å². The van der Waals surface area contributed by atoms with E-state index < -0.39 is 7.60 Å². The molecule has 0 aromatic heterocycles. The van der Waals surface area contributed by atoms with Crippen LogP contribution in [0.1, 0.15) is 61.5 Å². The third kappa shape index (κ3) is 6.12. The molecule has 1 atom stereocenters. The number of hydrogen-bond donors (Lipinski definition) is 2. The lowest BCUT2D eigenvalue weighted by Gasteiger charge is -2.29. The fourth-order valence-corrected chi connectivity index (χ4v) is 5.95. The molecule has 2 aliphatic carbocycles. The van der Waals surface area contributed by atoms with Crippen molar-refractivity contribution in [2.75, 3.05) is 19.9 Å². The zero-order valence-electron chi connectivity index (χ0n) is 18.5. The van der Waals surface area contributed by atoms with Crippen LogP contribution in [0, 0.1) is 17.7 Å². The van der Waals surface area contributed by atoms with Gasteiger partial charge in [-0.2, -0.15) is 0 Å². The van der Waals surface area contributed by atoms with Crippen molar-refractivity contribution in [3.05, 3.63) is 59.4 Å². The van der Waals surface area contributed by atoms with E-state index in [1.807, 2.05) is 30.3 Å². The zero-order chi connectivity index (χ0) is 22.7. The summed E-state index contributed by atoms with van der Waals surface area (Å²) in [6.07, 6.45) is 5.73. The quantitative estimate of drug-likeness (QED) is 0.457. The fraction of sp³-hybridized carbons (Fsp3) is 0.520. The average molecular weight is 462 g/mol. The molecule has 0 spiro atoms. The predicted molar refractivity (Wildman–Crippen MR) is 122 cm³/mol. The molecule has 2 aliphatic rings. The van der Waals surface area contributed by atoms with Gasteiger partial charge in [0.2, 0.25) is 0 Å². The van der Waals surface area contributed by atoms with Gasteiger partial charge in [0.15, 0.2) is 0 Å². The number of benzene rings is 2. The van der Waals surface area contributed by atoms with E-state index in [4.69, 9.17) is 9.47 Å². The molecular weight excluding hydrogens is 430 g/mol. The Balaban J connectivity index is 1.32. The van der Waals surface area contributed by atoms with Gasteiger partial charge in [0.05, 0.1) is 19.9 Å². The second kappa shape index (κ2) is 9.94. The smallest absolute Gasteiger partial charge is 0.326 e. The van der Waals surface area contributed by atoms with Crippen molar-refractivity contribution >= 4 is 7.60 Å². The van der Waals surface area contributed by atoms with Gasteiger partial charge in [-0.25, -0.2) is 4.39 Å². The van der Waals surface area contributed by atoms with Crippen molar-refractivity contribution in [2.45, 2.75) is 50.4 Å². The van der Waals surface area contributed by atoms with Crippen molar-refractivity contribution in [1.29, 1.82) is 0 Å². The van der Waals surface area contributed by atoms with Gasteiger partial charge in [-0.3, -0.25) is 4.57 Å². The van der Waals surface area contributed by atoms with Gasteiger partial charge >= 0.3 is 7.60 Å². The van der Waals surface area contributed by atoms with E-state index in [-0.39, 0.29) is 23.8 Å². The Morgan fingerprint density at radius 3 is 2.44 bits per heavy atom. The van der Waals surface area contributed by atoms with Crippen LogP contribution in [-0.4, -0.2) is 29.7 Å². The standard InChI is InChI=1S/C25H32FO5P/c1-30-21-11-12-25(26)23(14-21)18-7-5-17(6-8-18)15-31-22-4-2-3-20(13-22)24(19-9-10-19)16-32(27,28)29/h2-4,11-14,17-19,24H,5-10,15-16H2,1H3,(H2,27,28,29)/t17-,18-,24?. The molecule has 0 aliphatic heterocycles. The molecule has 174 valence electrons. The highest BCUT2D eigenvalue weighted by Gasteiger charge is 2.36. The van der Waals surface area contributed by atoms with E-state index in [9.17, 15) is 18.7 Å². The Kier molecular flexibility index (Phi) is 7.24. The van der Waals surface area contributed by atoms with Crippen molar-refractivity contribution in [3.8, 4) is 11.5 Å². The minimum absolute atomic E-state index is 0.105. The highest BCUT2D eigenvalue weighted by atomic mass is 31.2. The van der Waals surface area contributed by atoms with Crippen LogP contribution in [-0.2, 0) is 4.57 Å². The Morgan fingerprint density at radius 2 is 1.78 bits per heavy atom. The second-order valence-corrected chi connectivity index (χ2v) is 11.0. The third-order valence-corrected chi connectivity index (χ3v) is 7.76. The van der Waals surface area contributed by atoms with E-state index in [0.717, 1.165) is 55.4 Å². The van der Waals surface area contributed by atoms with Gasteiger partial charge < -0.3 is 19.3 Å². The van der Waals surface area contributed by atoms with Crippen LogP contribution in [0.25, 0.3) is 0 Å². The molecule has 0 bridgehead atoms. The lowest BCUT2D eigenvalue weighted by Crippen LogP contribution is -2.20. The maximum absolute atomic E-state index is 14.3. The monoisotopic (exact) mass is 462 g/mol. The number of rotatable bonds is 9. The first kappa shape index (κ1) is 23.3. The highest BCUT2D eigenvalue weighted by Crippen LogP contribution is 2.50. The lowest BCUT2D eigenvalue weighted by atomic mass is 9.79. The molecule has 2 saturated carbocycles. The van der Waals surface area contributed by atoms with Gasteiger partial charge in [-0.05, 0) is 104 Å². The Hall–Kier alpha value is -1.88. The van der Waals surface area contributed by atoms with Gasteiger partial charge in [0.1, 0.15) is 17.3 Å². The predicted octanol–water partition coefficient (Wildman–Crippen LogP) is 5.86. The van der Waals surface area contributed by atoms with Crippen LogP contribution in [0.15, 0.2) is 42.5 Å². The molecule has 32 heavy (non-hydrogen) atoms. The minimum Gasteiger partial charge on any atom is -0.497 e. The first-order chi connectivity index (χ1) is 15.3. The van der Waals surface area contributed by atoms with Gasteiger partial charge in [0.25, 0.3) is 0 Å². The highest BCUT2D eigenvalue weighted by molar-refractivity contribution is 7.51. The van der Waals surface area contributed by atoms with E-state index in [0.29, 0.717) is 24.2 Å². The molecule has 4 rings (SSSR count). The molecule has 1 unspecified atom stereocenters. The lowest BCUT2D eigenvalue weighted by molar-refractivity contribution is 0.199. The summed E-state index contributed by atoms with van der Waals surface area (Å²) >= 11 is 0. The fourth-order valence-electron chi connectivity index (χ4n) is 4.93. The first-order valence-electron chi connectivity index (χ1n) is 11.4. The molecule has 5 nitrogen and oxygen atoms in total. The molecule has 0 radical (unpaired) electrons. The molecule has 2 fully saturated rings. The van der Waals surface area contributed by atoms with Crippen LogP contribution in [0.2, 0.25) is 0 Å². The Bertz CT molecular complexity index is 963. The molecule has 2 N–H and O–H groups in total. The summed E-state index contributed by atoms with van der Waals surface area (Å²) in [7, 11) is -2.47. The summed E-state index contributed by atoms with van der Waals surface area (Å²) < 4.78 is 37.2. The first-order valence-corrected chi connectivity index (χ1v) is 13.2. The maximum atomic E-state index is 14.3. The van der Waals surface area contributed by atoms with E-state index in [1.54, 1.807) is 13.2 Å². The summed E-state index contributed by atoms with van der Waals surface area (Å²) in [5.41, 5.74) is 1.69. The summed E-state index contributed by atoms with van der Waals surface area (Å²) in [6.45, 7) is 0.601. The Labute approximate surface area is 189 Å². The number of methoxy groups -OCH3 is 1. The SMILES string of the molecule is COc1ccc(F)c([C@H]2CC[C@H](COc3cccc(C(CP(=O)(O)O)C4CC4)c3)CC2)c1. The molecule has 0 amide bonds. The van der Waals surface area contributed by atoms with Crippen LogP contribution in [0.3, 0.4) is 0 Å². The summed E-state index contributed by atoms with van der Waals surface area (Å²) in [5.74, 6) is 2.13. The summed E-state index contributed by atoms with van der Waals surface area (Å²) in [6, 6.07) is 12.6. The zero-order valence-corrected chi connectivity index (χ0v) is 19.3. The average Bonchev–Trinajstić information content (AvgIpc) is 3.62. The number of halogens is 1. The Morgan fingerprint density at radius 1 is 1.03 bits per heavy atom. The number of ether oxygens (including phenoxy) is 2. The van der Waals surface area contributed by atoms with Crippen LogP contribution < -0.4 is 9.47 Å². The van der Waals surface area contributed by atoms with E-state index in [1.165, 1.54) is 6.07 Å². The van der Waals surface area contributed by atoms with Crippen molar-refractivity contribution < 1.29 is 28.2 Å². The largest absolute Gasteiger partial charge is 0.497 e. The summed E-state index contributed by atoms with van der Waals surface area (Å²) in [4.78, 5) is 18.9. The summed E-state index contributed by atoms with van der Waals surface area (Å²) in [5, 5.41) is 0. The molecule has 0 heterocycles. The van der Waals surface area contributed by atoms with Gasteiger partial charge in [0, 0.05) is 0 Å². The molecule has 7 heteroatoms. The molecule has 0 saturated heterocycles. The van der Waals surface area contributed by atoms with Crippen LogP contribution >= 0.6 is 7.60 Å². The van der Waals surface area contributed by atoms with Crippen LogP contribution in [0.5, 0.6) is 11.5 Å². The molecule has 2 aromatic carbocycles. The van der Waals surface area contributed by atoms with Crippen molar-refractivity contribution in [3.63, 3.8) is 0 Å². The van der Waals surface area contributed by atoms with Crippen LogP contribution in [0.4, 0.5) is 4.39 Å². The normalized spacial score (nSPS) is 22.4. The van der Waals surface area contributed by atoms with E-state index >= 15 is 0 Å². The topological polar surface area (TPSA) is 76.0 Å². The molecule has 2 aromatic rings. The number of hydrogen-bond acceptors (Lipinski definition) is 3. The maximum Gasteiger partial charge on any atom is 0.326 e. The third-order valence-electron chi connectivity index (χ3n) is 6.89. The second-order valence-electron chi connectivity index (χ2n) is 9.28. The van der Waals surface area contributed by atoms with E-state index in [2.05, 4.69) is 0 Å².